The summed E-state index contributed by atoms with van der Waals surface area (Å²) in [5.74, 6) is -1.04. The second-order valence-corrected chi connectivity index (χ2v) is 4.36. The maximum Gasteiger partial charge on any atom is 0.321 e. The smallest absolute Gasteiger partial charge is 0.321 e. The molecule has 0 spiro atoms. The number of carboxylic acids is 1. The quantitative estimate of drug-likeness (QED) is 0.582. The zero-order chi connectivity index (χ0) is 10.3. The Bertz CT molecular complexity index is 227. The first kappa shape index (κ1) is 10.5. The van der Waals surface area contributed by atoms with Crippen molar-refractivity contribution in [2.45, 2.75) is 44.8 Å². The van der Waals surface area contributed by atoms with Crippen LogP contribution < -0.4 is 5.73 Å². The highest BCUT2D eigenvalue weighted by Gasteiger charge is 2.53. The van der Waals surface area contributed by atoms with Crippen molar-refractivity contribution in [1.82, 2.24) is 0 Å². The number of nitrogens with two attached hydrogens (primary N) is 1. The van der Waals surface area contributed by atoms with Crippen LogP contribution in [0.5, 0.6) is 0 Å². The van der Waals surface area contributed by atoms with E-state index < -0.39 is 23.0 Å². The monoisotopic (exact) mass is 187 g/mol. The average molecular weight is 187 g/mol. The molecule has 1 fully saturated rings. The molecule has 1 saturated carbocycles. The summed E-state index contributed by atoms with van der Waals surface area (Å²) in [6.07, 6.45) is 2.14. The minimum Gasteiger partial charge on any atom is -0.480 e. The molecule has 0 bridgehead atoms. The Kier molecular flexibility index (Phi) is 2.38. The van der Waals surface area contributed by atoms with Crippen molar-refractivity contribution in [3.8, 4) is 0 Å². The van der Waals surface area contributed by atoms with E-state index in [4.69, 9.17) is 10.8 Å². The van der Waals surface area contributed by atoms with Crippen molar-refractivity contribution in [2.24, 2.45) is 11.1 Å². The van der Waals surface area contributed by atoms with Crippen molar-refractivity contribution in [3.05, 3.63) is 0 Å². The molecular formula is C9H17NO3. The molecule has 0 aromatic heterocycles. The van der Waals surface area contributed by atoms with Gasteiger partial charge < -0.3 is 15.9 Å². The Labute approximate surface area is 77.7 Å². The summed E-state index contributed by atoms with van der Waals surface area (Å²) in [6, 6.07) is -0.981. The molecule has 0 heterocycles. The van der Waals surface area contributed by atoms with E-state index >= 15 is 0 Å². The fraction of sp³-hybridized carbons (Fsp3) is 0.889. The van der Waals surface area contributed by atoms with Crippen LogP contribution in [-0.2, 0) is 4.79 Å². The molecule has 2 unspecified atom stereocenters. The Morgan fingerprint density at radius 1 is 1.46 bits per heavy atom. The fourth-order valence-electron chi connectivity index (χ4n) is 2.12. The Hall–Kier alpha value is -0.610. The predicted molar refractivity (Wildman–Crippen MR) is 48.2 cm³/mol. The molecule has 0 saturated heterocycles. The summed E-state index contributed by atoms with van der Waals surface area (Å²) in [5, 5.41) is 18.8. The van der Waals surface area contributed by atoms with Crippen LogP contribution in [0, 0.1) is 5.41 Å². The van der Waals surface area contributed by atoms with E-state index in [1.54, 1.807) is 13.8 Å². The van der Waals surface area contributed by atoms with Gasteiger partial charge in [0.1, 0.15) is 6.04 Å². The first-order valence-corrected chi connectivity index (χ1v) is 4.52. The maximum atomic E-state index is 10.7. The van der Waals surface area contributed by atoms with Crippen molar-refractivity contribution in [2.75, 3.05) is 0 Å². The highest BCUT2D eigenvalue weighted by atomic mass is 16.4. The molecule has 0 radical (unpaired) electrons. The average Bonchev–Trinajstić information content (AvgIpc) is 2.26. The molecule has 76 valence electrons. The molecule has 4 heteroatoms. The molecule has 3 atom stereocenters. The normalized spacial score (nSPS) is 41.8. The summed E-state index contributed by atoms with van der Waals surface area (Å²) in [4.78, 5) is 10.7. The van der Waals surface area contributed by atoms with Crippen molar-refractivity contribution in [1.29, 1.82) is 0 Å². The predicted octanol–water partition coefficient (Wildman–Crippen LogP) is 0.339. The van der Waals surface area contributed by atoms with E-state index in [-0.39, 0.29) is 0 Å². The van der Waals surface area contributed by atoms with E-state index in [0.29, 0.717) is 12.8 Å². The van der Waals surface area contributed by atoms with Gasteiger partial charge in [-0.2, -0.15) is 0 Å². The largest absolute Gasteiger partial charge is 0.480 e. The van der Waals surface area contributed by atoms with Gasteiger partial charge in [-0.1, -0.05) is 6.92 Å². The minimum absolute atomic E-state index is 0.629. The molecule has 1 rings (SSSR count). The van der Waals surface area contributed by atoms with Crippen LogP contribution in [-0.4, -0.2) is 27.8 Å². The number of hydrogen-bond donors (Lipinski definition) is 3. The second-order valence-electron chi connectivity index (χ2n) is 4.36. The third-order valence-electron chi connectivity index (χ3n) is 3.54. The standard InChI is InChI=1S/C9H17NO3/c1-8(6(10)7(11)12)4-3-5-9(8,2)13/h6,13H,3-5,10H2,1-2H3,(H,11,12)/t6-,8?,9?/m1/s1. The fourth-order valence-corrected chi connectivity index (χ4v) is 2.12. The lowest BCUT2D eigenvalue weighted by Crippen LogP contribution is -2.55. The lowest BCUT2D eigenvalue weighted by atomic mass is 9.71. The third kappa shape index (κ3) is 1.44. The topological polar surface area (TPSA) is 83.5 Å². The van der Waals surface area contributed by atoms with Crippen LogP contribution in [0.2, 0.25) is 0 Å². The van der Waals surface area contributed by atoms with Gasteiger partial charge in [-0.05, 0) is 26.2 Å². The number of carboxylic acid groups (broad SMARTS) is 1. The molecule has 0 amide bonds. The number of carbonyl (C=O) groups is 1. The SMILES string of the molecule is CC1(O)CCCC1(C)[C@H](N)C(=O)O. The molecule has 0 aromatic rings. The van der Waals surface area contributed by atoms with Crippen molar-refractivity contribution < 1.29 is 15.0 Å². The Balaban J connectivity index is 2.93. The van der Waals surface area contributed by atoms with E-state index in [1.165, 1.54) is 0 Å². The first-order chi connectivity index (χ1) is 5.81. The van der Waals surface area contributed by atoms with Gasteiger partial charge in [0.2, 0.25) is 0 Å². The lowest BCUT2D eigenvalue weighted by molar-refractivity contribution is -0.147. The summed E-state index contributed by atoms with van der Waals surface area (Å²) in [5.41, 5.74) is 3.92. The minimum atomic E-state index is -1.04. The van der Waals surface area contributed by atoms with Crippen molar-refractivity contribution in [3.63, 3.8) is 0 Å². The maximum absolute atomic E-state index is 10.7. The summed E-state index contributed by atoms with van der Waals surface area (Å²) < 4.78 is 0. The zero-order valence-electron chi connectivity index (χ0n) is 8.08. The molecule has 0 aromatic carbocycles. The third-order valence-corrected chi connectivity index (χ3v) is 3.54. The van der Waals surface area contributed by atoms with Crippen LogP contribution in [0.25, 0.3) is 0 Å². The van der Waals surface area contributed by atoms with E-state index in [9.17, 15) is 9.90 Å². The van der Waals surface area contributed by atoms with E-state index in [0.717, 1.165) is 6.42 Å². The van der Waals surface area contributed by atoms with E-state index in [2.05, 4.69) is 0 Å². The number of rotatable bonds is 2. The van der Waals surface area contributed by atoms with Gasteiger partial charge >= 0.3 is 5.97 Å². The Morgan fingerprint density at radius 3 is 2.31 bits per heavy atom. The van der Waals surface area contributed by atoms with Crippen molar-refractivity contribution >= 4 is 5.97 Å². The van der Waals surface area contributed by atoms with Crippen LogP contribution in [0.3, 0.4) is 0 Å². The molecule has 4 nitrogen and oxygen atoms in total. The van der Waals surface area contributed by atoms with Crippen LogP contribution in [0.1, 0.15) is 33.1 Å². The highest BCUT2D eigenvalue weighted by Crippen LogP contribution is 2.47. The lowest BCUT2D eigenvalue weighted by Gasteiger charge is -2.39. The van der Waals surface area contributed by atoms with Crippen LogP contribution in [0.4, 0.5) is 0 Å². The van der Waals surface area contributed by atoms with Gasteiger partial charge in [0, 0.05) is 5.41 Å². The van der Waals surface area contributed by atoms with Gasteiger partial charge in [0.05, 0.1) is 5.60 Å². The number of aliphatic hydroxyl groups is 1. The Morgan fingerprint density at radius 2 is 2.00 bits per heavy atom. The second kappa shape index (κ2) is 2.96. The van der Waals surface area contributed by atoms with E-state index in [1.807, 2.05) is 0 Å². The van der Waals surface area contributed by atoms with Crippen LogP contribution >= 0.6 is 0 Å². The van der Waals surface area contributed by atoms with Gasteiger partial charge in [-0.15, -0.1) is 0 Å². The van der Waals surface area contributed by atoms with Crippen LogP contribution in [0.15, 0.2) is 0 Å². The highest BCUT2D eigenvalue weighted by molar-refractivity contribution is 5.74. The molecule has 0 aliphatic heterocycles. The first-order valence-electron chi connectivity index (χ1n) is 4.52. The zero-order valence-corrected chi connectivity index (χ0v) is 8.08. The molecule has 1 aliphatic carbocycles. The molecule has 1 aliphatic rings. The summed E-state index contributed by atoms with van der Waals surface area (Å²) in [6.45, 7) is 3.42. The van der Waals surface area contributed by atoms with Gasteiger partial charge in [0.25, 0.3) is 0 Å². The molecule has 13 heavy (non-hydrogen) atoms. The van der Waals surface area contributed by atoms with Gasteiger partial charge in [-0.25, -0.2) is 0 Å². The number of aliphatic carboxylic acids is 1. The number of hydrogen-bond acceptors (Lipinski definition) is 3. The molecule has 4 N–H and O–H groups in total. The van der Waals surface area contributed by atoms with Gasteiger partial charge in [-0.3, -0.25) is 4.79 Å². The summed E-state index contributed by atoms with van der Waals surface area (Å²) >= 11 is 0. The molecular weight excluding hydrogens is 170 g/mol. The van der Waals surface area contributed by atoms with Gasteiger partial charge in [0.15, 0.2) is 0 Å². The summed E-state index contributed by atoms with van der Waals surface area (Å²) in [7, 11) is 0.